The number of aromatic nitrogens is 1. The summed E-state index contributed by atoms with van der Waals surface area (Å²) < 4.78 is 35.2. The monoisotopic (exact) mass is 395 g/mol. The quantitative estimate of drug-likeness (QED) is 0.763. The van der Waals surface area contributed by atoms with Gasteiger partial charge in [0.15, 0.2) is 11.4 Å². The summed E-state index contributed by atoms with van der Waals surface area (Å²) in [4.78, 5) is 0. The number of ether oxygens (including phenoxy) is 1. The fourth-order valence-corrected chi connectivity index (χ4v) is 6.42. The molecule has 1 aromatic heterocycles. The van der Waals surface area contributed by atoms with E-state index < -0.39 is 11.3 Å². The Balaban J connectivity index is 1.37. The fraction of sp³-hybridized carbons (Fsp3) is 0.611. The van der Waals surface area contributed by atoms with Gasteiger partial charge in [-0.1, -0.05) is 16.8 Å². The van der Waals surface area contributed by atoms with Gasteiger partial charge in [-0.3, -0.25) is 8.93 Å². The third-order valence-corrected chi connectivity index (χ3v) is 7.06. The Morgan fingerprint density at radius 2 is 1.92 bits per heavy atom. The molecule has 4 saturated carbocycles. The SMILES string of the molecule is O=S([O-])Nc1noc2cc(OCC34CC5CC(CC(C5)C3)C4)c(Cl)cc12. The largest absolute Gasteiger partial charge is 0.755 e. The van der Waals surface area contributed by atoms with Crippen LogP contribution in [-0.4, -0.2) is 20.5 Å². The first-order valence-electron chi connectivity index (χ1n) is 9.07. The van der Waals surface area contributed by atoms with Crippen LogP contribution in [0.1, 0.15) is 38.5 Å². The van der Waals surface area contributed by atoms with E-state index in [4.69, 9.17) is 20.9 Å². The molecule has 6 rings (SSSR count). The zero-order valence-electron chi connectivity index (χ0n) is 14.2. The standard InChI is InChI=1S/C18H21ClN2O4S/c19-14-4-13-15(25-20-17(13)21-26(22)23)5-16(14)24-9-18-6-10-1-11(7-18)3-12(2-10)8-18/h4-5,10-12H,1-3,6-9H2,(H,20,21)(H,22,23)/p-1. The third kappa shape index (κ3) is 2.90. The van der Waals surface area contributed by atoms with Gasteiger partial charge in [0.05, 0.1) is 17.0 Å². The Morgan fingerprint density at radius 1 is 1.27 bits per heavy atom. The predicted octanol–water partition coefficient (Wildman–Crippen LogP) is 4.28. The summed E-state index contributed by atoms with van der Waals surface area (Å²) >= 11 is 3.91. The van der Waals surface area contributed by atoms with Crippen molar-refractivity contribution in [3.63, 3.8) is 0 Å². The number of nitrogens with one attached hydrogen (secondary N) is 1. The Morgan fingerprint density at radius 3 is 2.54 bits per heavy atom. The summed E-state index contributed by atoms with van der Waals surface area (Å²) in [6.45, 7) is 0.686. The molecule has 4 fully saturated rings. The molecule has 6 nitrogen and oxygen atoms in total. The van der Waals surface area contributed by atoms with E-state index in [0.717, 1.165) is 17.8 Å². The lowest BCUT2D eigenvalue weighted by atomic mass is 9.50. The van der Waals surface area contributed by atoms with E-state index >= 15 is 0 Å². The maximum atomic E-state index is 10.8. The number of benzene rings is 1. The minimum absolute atomic E-state index is 0.128. The van der Waals surface area contributed by atoms with Crippen molar-refractivity contribution < 1.29 is 18.0 Å². The second-order valence-corrected chi connectivity index (χ2v) is 9.43. The van der Waals surface area contributed by atoms with Gasteiger partial charge >= 0.3 is 0 Å². The van der Waals surface area contributed by atoms with Gasteiger partial charge in [-0.25, -0.2) is 0 Å². The first-order valence-corrected chi connectivity index (χ1v) is 10.5. The van der Waals surface area contributed by atoms with Crippen molar-refractivity contribution >= 4 is 39.7 Å². The zero-order chi connectivity index (χ0) is 17.9. The van der Waals surface area contributed by atoms with Gasteiger partial charge in [-0.05, 0) is 62.3 Å². The smallest absolute Gasteiger partial charge is 0.188 e. The fourth-order valence-electron chi connectivity index (χ4n) is 5.90. The second kappa shape index (κ2) is 6.11. The molecule has 2 aromatic rings. The number of hydrogen-bond acceptors (Lipinski definition) is 5. The molecule has 1 atom stereocenters. The average molecular weight is 396 g/mol. The Hall–Kier alpha value is -1.31. The molecule has 1 heterocycles. The summed E-state index contributed by atoms with van der Waals surface area (Å²) in [7, 11) is 0. The van der Waals surface area contributed by atoms with Crippen molar-refractivity contribution in [2.45, 2.75) is 38.5 Å². The molecule has 0 radical (unpaired) electrons. The maximum Gasteiger partial charge on any atom is 0.188 e. The van der Waals surface area contributed by atoms with Crippen LogP contribution in [0.25, 0.3) is 11.0 Å². The number of anilines is 1. The molecular weight excluding hydrogens is 376 g/mol. The Bertz CT molecular complexity index is 848. The molecule has 4 bridgehead atoms. The molecule has 0 aliphatic heterocycles. The van der Waals surface area contributed by atoms with E-state index in [0.29, 0.717) is 33.8 Å². The van der Waals surface area contributed by atoms with Crippen molar-refractivity contribution in [1.29, 1.82) is 0 Å². The van der Waals surface area contributed by atoms with Crippen LogP contribution in [-0.2, 0) is 11.3 Å². The minimum atomic E-state index is -2.47. The molecule has 4 aliphatic rings. The lowest BCUT2D eigenvalue weighted by Gasteiger charge is -2.56. The zero-order valence-corrected chi connectivity index (χ0v) is 15.8. The second-order valence-electron chi connectivity index (χ2n) is 8.35. The van der Waals surface area contributed by atoms with Crippen molar-refractivity contribution in [1.82, 2.24) is 5.16 Å². The highest BCUT2D eigenvalue weighted by Crippen LogP contribution is 2.60. The molecule has 0 saturated heterocycles. The normalized spacial score (nSPS) is 33.5. The maximum absolute atomic E-state index is 10.8. The number of hydrogen-bond donors (Lipinski definition) is 1. The number of fused-ring (bicyclic) bond motifs is 1. The van der Waals surface area contributed by atoms with Crippen LogP contribution in [0.4, 0.5) is 5.82 Å². The van der Waals surface area contributed by atoms with Crippen LogP contribution in [0, 0.1) is 23.2 Å². The Kier molecular flexibility index (Phi) is 3.95. The van der Waals surface area contributed by atoms with E-state index in [9.17, 15) is 8.76 Å². The van der Waals surface area contributed by atoms with E-state index in [2.05, 4.69) is 9.88 Å². The summed E-state index contributed by atoms with van der Waals surface area (Å²) in [6, 6.07) is 3.33. The van der Waals surface area contributed by atoms with Crippen molar-refractivity contribution in [2.75, 3.05) is 11.3 Å². The van der Waals surface area contributed by atoms with Gasteiger partial charge in [0.1, 0.15) is 5.75 Å². The number of nitrogens with zero attached hydrogens (tertiary/aromatic N) is 1. The van der Waals surface area contributed by atoms with Crippen LogP contribution in [0.5, 0.6) is 5.75 Å². The third-order valence-electron chi connectivity index (χ3n) is 6.40. The summed E-state index contributed by atoms with van der Waals surface area (Å²) in [5.74, 6) is 3.32. The van der Waals surface area contributed by atoms with Crippen LogP contribution < -0.4 is 9.46 Å². The topological polar surface area (TPSA) is 87.4 Å². The highest BCUT2D eigenvalue weighted by atomic mass is 35.5. The molecule has 1 unspecified atom stereocenters. The van der Waals surface area contributed by atoms with Crippen LogP contribution in [0.15, 0.2) is 16.7 Å². The van der Waals surface area contributed by atoms with E-state index in [1.54, 1.807) is 12.1 Å². The molecular formula is C18H20ClN2O4S-. The molecule has 140 valence electrons. The van der Waals surface area contributed by atoms with Gasteiger partial charge in [0, 0.05) is 22.7 Å². The molecule has 0 amide bonds. The van der Waals surface area contributed by atoms with Crippen LogP contribution in [0.2, 0.25) is 5.02 Å². The van der Waals surface area contributed by atoms with Gasteiger partial charge < -0.3 is 13.8 Å². The van der Waals surface area contributed by atoms with Crippen molar-refractivity contribution in [3.05, 3.63) is 17.2 Å². The van der Waals surface area contributed by atoms with Gasteiger partial charge in [0.25, 0.3) is 0 Å². The van der Waals surface area contributed by atoms with Crippen molar-refractivity contribution in [2.24, 2.45) is 23.2 Å². The van der Waals surface area contributed by atoms with E-state index in [1.165, 1.54) is 38.5 Å². The first-order chi connectivity index (χ1) is 12.5. The molecule has 4 aliphatic carbocycles. The minimum Gasteiger partial charge on any atom is -0.755 e. The van der Waals surface area contributed by atoms with Gasteiger partial charge in [0.2, 0.25) is 0 Å². The number of halogens is 1. The molecule has 1 aromatic carbocycles. The highest BCUT2D eigenvalue weighted by molar-refractivity contribution is 7.80. The number of rotatable bonds is 5. The molecule has 1 N–H and O–H groups in total. The van der Waals surface area contributed by atoms with Gasteiger partial charge in [-0.2, -0.15) is 0 Å². The van der Waals surface area contributed by atoms with Crippen LogP contribution >= 0.6 is 11.6 Å². The van der Waals surface area contributed by atoms with Gasteiger partial charge in [-0.15, -0.1) is 0 Å². The summed E-state index contributed by atoms with van der Waals surface area (Å²) in [5, 5.41) is 4.69. The lowest BCUT2D eigenvalue weighted by molar-refractivity contribution is -0.0745. The predicted molar refractivity (Wildman–Crippen MR) is 97.7 cm³/mol. The van der Waals surface area contributed by atoms with Crippen LogP contribution in [0.3, 0.4) is 0 Å². The highest BCUT2D eigenvalue weighted by Gasteiger charge is 2.51. The van der Waals surface area contributed by atoms with E-state index in [-0.39, 0.29) is 5.82 Å². The first kappa shape index (κ1) is 16.8. The average Bonchev–Trinajstić information content (AvgIpc) is 2.93. The molecule has 8 heteroatoms. The molecule has 26 heavy (non-hydrogen) atoms. The summed E-state index contributed by atoms with van der Waals surface area (Å²) in [5.41, 5.74) is 0.739. The lowest BCUT2D eigenvalue weighted by Crippen LogP contribution is -2.48. The van der Waals surface area contributed by atoms with Crippen molar-refractivity contribution in [3.8, 4) is 5.75 Å². The molecule has 0 spiro atoms. The Labute approximate surface area is 159 Å². The summed E-state index contributed by atoms with van der Waals surface area (Å²) in [6.07, 6.45) is 8.02. The van der Waals surface area contributed by atoms with E-state index in [1.807, 2.05) is 0 Å².